The Hall–Kier alpha value is -2.52. The number of benzene rings is 1. The number of thiazole rings is 1. The molecule has 9 heteroatoms. The highest BCUT2D eigenvalue weighted by molar-refractivity contribution is 7.20. The Balaban J connectivity index is 2.12. The molecule has 2 rings (SSSR count). The molecule has 0 spiro atoms. The molecule has 1 aromatic carbocycles. The molecule has 1 unspecified atom stereocenters. The second kappa shape index (κ2) is 9.09. The fourth-order valence-electron chi connectivity index (χ4n) is 2.30. The Kier molecular flexibility index (Phi) is 6.84. The number of nitrogens with zero attached hydrogens (tertiary/aromatic N) is 2. The standard InChI is InChI=1S/C16H22N6O2S/c1-19-9-13(23)21-11(6-4-8-20-16(17)18)14(24)15-22-10-5-2-3-7-12(10)25-15/h2-3,5,7,11,19H,4,6,8-9H2,1H3,(H,21,23)(H4,17,18,20). The van der Waals surface area contributed by atoms with Crippen molar-refractivity contribution in [1.29, 1.82) is 0 Å². The SMILES string of the molecule is CNCC(=O)NC(CCCN=C(N)N)C(=O)c1nc2ccccc2s1. The summed E-state index contributed by atoms with van der Waals surface area (Å²) in [6.45, 7) is 0.533. The van der Waals surface area contributed by atoms with Gasteiger partial charge in [-0.25, -0.2) is 4.98 Å². The molecule has 0 fully saturated rings. The number of aliphatic imine (C=N–C) groups is 1. The van der Waals surface area contributed by atoms with Gasteiger partial charge in [-0.15, -0.1) is 11.3 Å². The first-order valence-electron chi connectivity index (χ1n) is 7.90. The van der Waals surface area contributed by atoms with Crippen LogP contribution in [0.3, 0.4) is 0 Å². The summed E-state index contributed by atoms with van der Waals surface area (Å²) in [5.41, 5.74) is 11.4. The van der Waals surface area contributed by atoms with Crippen LogP contribution < -0.4 is 22.1 Å². The number of ketones is 1. The third kappa shape index (κ3) is 5.50. The van der Waals surface area contributed by atoms with Gasteiger partial charge < -0.3 is 22.1 Å². The molecule has 1 amide bonds. The molecule has 1 aromatic heterocycles. The van der Waals surface area contributed by atoms with E-state index in [-0.39, 0.29) is 24.2 Å². The van der Waals surface area contributed by atoms with E-state index in [2.05, 4.69) is 20.6 Å². The van der Waals surface area contributed by atoms with Gasteiger partial charge in [0.05, 0.1) is 22.8 Å². The Morgan fingerprint density at radius 2 is 2.08 bits per heavy atom. The van der Waals surface area contributed by atoms with E-state index in [0.29, 0.717) is 24.4 Å². The molecular weight excluding hydrogens is 340 g/mol. The van der Waals surface area contributed by atoms with Crippen LogP contribution in [0.5, 0.6) is 0 Å². The van der Waals surface area contributed by atoms with Gasteiger partial charge in [0, 0.05) is 6.54 Å². The van der Waals surface area contributed by atoms with Crippen LogP contribution in [-0.4, -0.2) is 48.8 Å². The van der Waals surface area contributed by atoms with Gasteiger partial charge in [0.2, 0.25) is 11.7 Å². The van der Waals surface area contributed by atoms with Crippen LogP contribution in [0.2, 0.25) is 0 Å². The maximum absolute atomic E-state index is 12.8. The third-order valence-electron chi connectivity index (χ3n) is 3.44. The lowest BCUT2D eigenvalue weighted by molar-refractivity contribution is -0.120. The van der Waals surface area contributed by atoms with Crippen molar-refractivity contribution in [3.63, 3.8) is 0 Å². The molecule has 0 radical (unpaired) electrons. The van der Waals surface area contributed by atoms with Crippen LogP contribution in [-0.2, 0) is 4.79 Å². The van der Waals surface area contributed by atoms with E-state index in [1.807, 2.05) is 24.3 Å². The molecule has 0 aliphatic heterocycles. The molecule has 0 saturated carbocycles. The largest absolute Gasteiger partial charge is 0.370 e. The lowest BCUT2D eigenvalue weighted by Gasteiger charge is -2.16. The van der Waals surface area contributed by atoms with Gasteiger partial charge >= 0.3 is 0 Å². The van der Waals surface area contributed by atoms with Gasteiger partial charge in [-0.2, -0.15) is 0 Å². The maximum atomic E-state index is 12.8. The number of aromatic nitrogens is 1. The first-order valence-corrected chi connectivity index (χ1v) is 8.72. The van der Waals surface area contributed by atoms with Gasteiger partial charge in [-0.1, -0.05) is 12.1 Å². The molecule has 0 aliphatic rings. The number of rotatable bonds is 9. The first kappa shape index (κ1) is 18.8. The van der Waals surface area contributed by atoms with E-state index in [4.69, 9.17) is 11.5 Å². The van der Waals surface area contributed by atoms with Gasteiger partial charge in [0.25, 0.3) is 0 Å². The molecule has 1 heterocycles. The quantitative estimate of drug-likeness (QED) is 0.218. The summed E-state index contributed by atoms with van der Waals surface area (Å²) in [7, 11) is 1.67. The van der Waals surface area contributed by atoms with Crippen LogP contribution in [0.1, 0.15) is 22.6 Å². The smallest absolute Gasteiger partial charge is 0.234 e. The number of para-hydroxylation sites is 1. The van der Waals surface area contributed by atoms with Crippen LogP contribution in [0.15, 0.2) is 29.3 Å². The second-order valence-electron chi connectivity index (χ2n) is 5.45. The molecule has 2 aromatic rings. The number of fused-ring (bicyclic) bond motifs is 1. The van der Waals surface area contributed by atoms with Crippen molar-refractivity contribution in [1.82, 2.24) is 15.6 Å². The number of amides is 1. The van der Waals surface area contributed by atoms with Crippen LogP contribution in [0, 0.1) is 0 Å². The van der Waals surface area contributed by atoms with Crippen molar-refractivity contribution in [2.24, 2.45) is 16.5 Å². The zero-order valence-corrected chi connectivity index (χ0v) is 14.8. The topological polar surface area (TPSA) is 135 Å². The number of carbonyl (C=O) groups excluding carboxylic acids is 2. The Labute approximate surface area is 149 Å². The van der Waals surface area contributed by atoms with Crippen molar-refractivity contribution in [3.05, 3.63) is 29.3 Å². The van der Waals surface area contributed by atoms with Crippen LogP contribution in [0.4, 0.5) is 0 Å². The number of guanidine groups is 1. The summed E-state index contributed by atoms with van der Waals surface area (Å²) in [5.74, 6) is -0.438. The minimum atomic E-state index is -0.657. The molecule has 134 valence electrons. The number of nitrogens with two attached hydrogens (primary N) is 2. The normalized spacial score (nSPS) is 11.9. The number of nitrogens with one attached hydrogen (secondary N) is 2. The van der Waals surface area contributed by atoms with E-state index >= 15 is 0 Å². The fraction of sp³-hybridized carbons (Fsp3) is 0.375. The highest BCUT2D eigenvalue weighted by Gasteiger charge is 2.24. The highest BCUT2D eigenvalue weighted by atomic mass is 32.1. The van der Waals surface area contributed by atoms with Gasteiger partial charge in [0.1, 0.15) is 0 Å². The summed E-state index contributed by atoms with van der Waals surface area (Å²) in [4.78, 5) is 33.0. The minimum absolute atomic E-state index is 0.00766. The fourth-order valence-corrected chi connectivity index (χ4v) is 3.26. The number of Topliss-reactive ketones (excluding diaryl/α,β-unsaturated/α-hetero) is 1. The highest BCUT2D eigenvalue weighted by Crippen LogP contribution is 2.23. The lowest BCUT2D eigenvalue weighted by atomic mass is 10.1. The molecule has 0 saturated heterocycles. The lowest BCUT2D eigenvalue weighted by Crippen LogP contribution is -2.44. The average Bonchev–Trinajstić information content (AvgIpc) is 3.01. The summed E-state index contributed by atoms with van der Waals surface area (Å²) in [6, 6.07) is 6.89. The summed E-state index contributed by atoms with van der Waals surface area (Å²) in [5, 5.41) is 5.90. The molecule has 8 nitrogen and oxygen atoms in total. The van der Waals surface area contributed by atoms with Crippen molar-refractivity contribution >= 4 is 39.2 Å². The molecule has 25 heavy (non-hydrogen) atoms. The van der Waals surface area contributed by atoms with E-state index in [1.165, 1.54) is 11.3 Å². The van der Waals surface area contributed by atoms with Crippen molar-refractivity contribution < 1.29 is 9.59 Å². The van der Waals surface area contributed by atoms with E-state index in [0.717, 1.165) is 10.2 Å². The number of carbonyl (C=O) groups is 2. The van der Waals surface area contributed by atoms with Gasteiger partial charge in [-0.05, 0) is 32.0 Å². The second-order valence-corrected chi connectivity index (χ2v) is 6.48. The minimum Gasteiger partial charge on any atom is -0.370 e. The Bertz CT molecular complexity index is 736. The zero-order valence-electron chi connectivity index (χ0n) is 14.0. The molecule has 0 bridgehead atoms. The summed E-state index contributed by atoms with van der Waals surface area (Å²) >= 11 is 1.32. The molecular formula is C16H22N6O2S. The summed E-state index contributed by atoms with van der Waals surface area (Å²) in [6.07, 6.45) is 1.00. The van der Waals surface area contributed by atoms with Crippen molar-refractivity contribution in [2.45, 2.75) is 18.9 Å². The van der Waals surface area contributed by atoms with E-state index in [9.17, 15) is 9.59 Å². The molecule has 1 atom stereocenters. The number of hydrogen-bond donors (Lipinski definition) is 4. The monoisotopic (exact) mass is 362 g/mol. The van der Waals surface area contributed by atoms with Gasteiger partial charge in [-0.3, -0.25) is 14.6 Å². The Morgan fingerprint density at radius 3 is 2.76 bits per heavy atom. The predicted octanol–water partition coefficient (Wildman–Crippen LogP) is 0.237. The number of hydrogen-bond acceptors (Lipinski definition) is 6. The molecule has 0 aliphatic carbocycles. The van der Waals surface area contributed by atoms with Crippen molar-refractivity contribution in [3.8, 4) is 0 Å². The first-order chi connectivity index (χ1) is 12.0. The predicted molar refractivity (Wildman–Crippen MR) is 99.7 cm³/mol. The van der Waals surface area contributed by atoms with E-state index < -0.39 is 6.04 Å². The Morgan fingerprint density at radius 1 is 1.32 bits per heavy atom. The number of likely N-dealkylation sites (N-methyl/N-ethyl adjacent to an activating group) is 1. The van der Waals surface area contributed by atoms with Crippen LogP contribution >= 0.6 is 11.3 Å². The van der Waals surface area contributed by atoms with E-state index in [1.54, 1.807) is 7.05 Å². The molecule has 6 N–H and O–H groups in total. The third-order valence-corrected chi connectivity index (χ3v) is 4.49. The summed E-state index contributed by atoms with van der Waals surface area (Å²) < 4.78 is 0.937. The zero-order chi connectivity index (χ0) is 18.2. The van der Waals surface area contributed by atoms with Crippen LogP contribution in [0.25, 0.3) is 10.2 Å². The average molecular weight is 362 g/mol. The van der Waals surface area contributed by atoms with Gasteiger partial charge in [0.15, 0.2) is 11.0 Å². The maximum Gasteiger partial charge on any atom is 0.234 e. The van der Waals surface area contributed by atoms with Crippen molar-refractivity contribution in [2.75, 3.05) is 20.1 Å².